The second kappa shape index (κ2) is 4.55. The van der Waals surface area contributed by atoms with Gasteiger partial charge in [0.15, 0.2) is 0 Å². The average Bonchev–Trinajstić information content (AvgIpc) is 2.60. The average molecular weight is 283 g/mol. The van der Waals surface area contributed by atoms with Crippen molar-refractivity contribution in [3.63, 3.8) is 0 Å². The van der Waals surface area contributed by atoms with Crippen molar-refractivity contribution in [1.29, 1.82) is 0 Å². The molecule has 0 spiro atoms. The molecule has 16 heavy (non-hydrogen) atoms. The molecule has 0 bridgehead atoms. The number of amides is 1. The van der Waals surface area contributed by atoms with Gasteiger partial charge < -0.3 is 10.2 Å². The molecule has 3 nitrogen and oxygen atoms in total. The molecule has 1 aliphatic rings. The first-order valence-corrected chi connectivity index (χ1v) is 6.17. The van der Waals surface area contributed by atoms with Crippen molar-refractivity contribution in [3.8, 4) is 0 Å². The number of hydrogen-bond donors (Lipinski definition) is 1. The summed E-state index contributed by atoms with van der Waals surface area (Å²) in [6, 6.07) is 5.98. The highest BCUT2D eigenvalue weighted by Gasteiger charge is 2.31. The quantitative estimate of drug-likeness (QED) is 0.901. The van der Waals surface area contributed by atoms with Gasteiger partial charge in [-0.2, -0.15) is 0 Å². The maximum atomic E-state index is 12.0. The lowest BCUT2D eigenvalue weighted by Crippen LogP contribution is -2.36. The summed E-state index contributed by atoms with van der Waals surface area (Å²) in [6.45, 7) is 2.83. The molecule has 0 aromatic heterocycles. The highest BCUT2D eigenvalue weighted by molar-refractivity contribution is 9.10. The number of halogens is 1. The molecular weight excluding hydrogens is 268 g/mol. The Morgan fingerprint density at radius 3 is 2.81 bits per heavy atom. The molecule has 1 fully saturated rings. The molecular formula is C12H15BrN2O. The number of rotatable bonds is 2. The molecule has 1 atom stereocenters. The van der Waals surface area contributed by atoms with Gasteiger partial charge in [0.1, 0.15) is 0 Å². The topological polar surface area (TPSA) is 32.3 Å². The van der Waals surface area contributed by atoms with Crippen LogP contribution in [-0.2, 0) is 4.79 Å². The van der Waals surface area contributed by atoms with Crippen LogP contribution in [0.1, 0.15) is 12.0 Å². The van der Waals surface area contributed by atoms with E-state index >= 15 is 0 Å². The van der Waals surface area contributed by atoms with Crippen LogP contribution in [-0.4, -0.2) is 25.5 Å². The van der Waals surface area contributed by atoms with E-state index in [0.29, 0.717) is 0 Å². The van der Waals surface area contributed by atoms with E-state index < -0.39 is 0 Å². The lowest BCUT2D eigenvalue weighted by atomic mass is 10.2. The maximum absolute atomic E-state index is 12.0. The van der Waals surface area contributed by atoms with Crippen LogP contribution in [0, 0.1) is 6.92 Å². The molecule has 0 aliphatic carbocycles. The van der Waals surface area contributed by atoms with Crippen molar-refractivity contribution in [2.75, 3.05) is 18.5 Å². The lowest BCUT2D eigenvalue weighted by molar-refractivity contribution is -0.118. The minimum Gasteiger partial charge on any atom is -0.311 e. The van der Waals surface area contributed by atoms with Crippen LogP contribution in [0.3, 0.4) is 0 Å². The molecule has 4 heteroatoms. The lowest BCUT2D eigenvalue weighted by Gasteiger charge is -2.19. The SMILES string of the molecule is CNC1CCN(c2ccc(Br)cc2C)C1=O. The Morgan fingerprint density at radius 2 is 2.25 bits per heavy atom. The number of nitrogens with zero attached hydrogens (tertiary/aromatic N) is 1. The molecule has 1 unspecified atom stereocenters. The number of hydrogen-bond acceptors (Lipinski definition) is 2. The fourth-order valence-corrected chi connectivity index (χ4v) is 2.58. The highest BCUT2D eigenvalue weighted by Crippen LogP contribution is 2.27. The van der Waals surface area contributed by atoms with Gasteiger partial charge in [-0.1, -0.05) is 15.9 Å². The normalized spacial score (nSPS) is 20.6. The molecule has 2 rings (SSSR count). The first-order chi connectivity index (χ1) is 7.63. The second-order valence-corrected chi connectivity index (χ2v) is 4.97. The number of benzene rings is 1. The predicted molar refractivity (Wildman–Crippen MR) is 68.7 cm³/mol. The smallest absolute Gasteiger partial charge is 0.244 e. The minimum atomic E-state index is -0.0250. The summed E-state index contributed by atoms with van der Waals surface area (Å²) in [5.74, 6) is 0.174. The molecule has 86 valence electrons. The van der Waals surface area contributed by atoms with Gasteiger partial charge in [0.2, 0.25) is 5.91 Å². The fraction of sp³-hybridized carbons (Fsp3) is 0.417. The highest BCUT2D eigenvalue weighted by atomic mass is 79.9. The number of nitrogens with one attached hydrogen (secondary N) is 1. The first kappa shape index (κ1) is 11.6. The Labute approximate surface area is 104 Å². The molecule has 0 saturated carbocycles. The molecule has 0 radical (unpaired) electrons. The predicted octanol–water partition coefficient (Wildman–Crippen LogP) is 2.08. The zero-order valence-electron chi connectivity index (χ0n) is 9.46. The fourth-order valence-electron chi connectivity index (χ4n) is 2.11. The van der Waals surface area contributed by atoms with Gasteiger partial charge >= 0.3 is 0 Å². The first-order valence-electron chi connectivity index (χ1n) is 5.38. The van der Waals surface area contributed by atoms with Crippen molar-refractivity contribution in [3.05, 3.63) is 28.2 Å². The van der Waals surface area contributed by atoms with E-state index in [1.54, 1.807) is 0 Å². The van der Waals surface area contributed by atoms with Crippen LogP contribution in [0.5, 0.6) is 0 Å². The Morgan fingerprint density at radius 1 is 1.50 bits per heavy atom. The number of anilines is 1. The molecule has 1 aliphatic heterocycles. The molecule has 1 aromatic rings. The van der Waals surface area contributed by atoms with E-state index in [-0.39, 0.29) is 11.9 Å². The summed E-state index contributed by atoms with van der Waals surface area (Å²) < 4.78 is 1.05. The Kier molecular flexibility index (Phi) is 3.30. The number of carbonyl (C=O) groups is 1. The largest absolute Gasteiger partial charge is 0.311 e. The van der Waals surface area contributed by atoms with Crippen LogP contribution in [0.15, 0.2) is 22.7 Å². The van der Waals surface area contributed by atoms with E-state index in [4.69, 9.17) is 0 Å². The molecule has 1 saturated heterocycles. The van der Waals surface area contributed by atoms with Gasteiger partial charge in [-0.15, -0.1) is 0 Å². The third-order valence-corrected chi connectivity index (χ3v) is 3.50. The summed E-state index contributed by atoms with van der Waals surface area (Å²) in [6.07, 6.45) is 0.880. The van der Waals surface area contributed by atoms with E-state index in [9.17, 15) is 4.79 Å². The second-order valence-electron chi connectivity index (χ2n) is 4.05. The van der Waals surface area contributed by atoms with Crippen LogP contribution < -0.4 is 10.2 Å². The molecule has 1 heterocycles. The Balaban J connectivity index is 2.29. The van der Waals surface area contributed by atoms with Crippen LogP contribution >= 0.6 is 15.9 Å². The maximum Gasteiger partial charge on any atom is 0.244 e. The summed E-state index contributed by atoms with van der Waals surface area (Å²) >= 11 is 3.43. The van der Waals surface area contributed by atoms with Crippen molar-refractivity contribution >= 4 is 27.5 Å². The zero-order chi connectivity index (χ0) is 11.7. The monoisotopic (exact) mass is 282 g/mol. The standard InChI is InChI=1S/C12H15BrN2O/c1-8-7-9(13)3-4-11(8)15-6-5-10(14-2)12(15)16/h3-4,7,10,14H,5-6H2,1-2H3. The van der Waals surface area contributed by atoms with Gasteiger partial charge in [0.05, 0.1) is 6.04 Å². The van der Waals surface area contributed by atoms with Crippen molar-refractivity contribution in [2.24, 2.45) is 0 Å². The van der Waals surface area contributed by atoms with Crippen LogP contribution in [0.4, 0.5) is 5.69 Å². The van der Waals surface area contributed by atoms with Crippen molar-refractivity contribution in [1.82, 2.24) is 5.32 Å². The minimum absolute atomic E-state index is 0.0250. The number of likely N-dealkylation sites (N-methyl/N-ethyl adjacent to an activating group) is 1. The van der Waals surface area contributed by atoms with Gasteiger partial charge in [0.25, 0.3) is 0 Å². The van der Waals surface area contributed by atoms with E-state index in [1.165, 1.54) is 0 Å². The Hall–Kier alpha value is -0.870. The molecule has 1 N–H and O–H groups in total. The van der Waals surface area contributed by atoms with Crippen molar-refractivity contribution in [2.45, 2.75) is 19.4 Å². The summed E-state index contributed by atoms with van der Waals surface area (Å²) in [7, 11) is 1.83. The van der Waals surface area contributed by atoms with Gasteiger partial charge in [-0.05, 0) is 44.2 Å². The molecule has 1 aromatic carbocycles. The van der Waals surface area contributed by atoms with Crippen molar-refractivity contribution < 1.29 is 4.79 Å². The molecule has 1 amide bonds. The van der Waals surface area contributed by atoms with E-state index in [1.807, 2.05) is 37.1 Å². The third kappa shape index (κ3) is 1.99. The third-order valence-electron chi connectivity index (χ3n) is 3.00. The summed E-state index contributed by atoms with van der Waals surface area (Å²) in [5, 5.41) is 3.04. The van der Waals surface area contributed by atoms with Gasteiger partial charge in [-0.25, -0.2) is 0 Å². The van der Waals surface area contributed by atoms with Gasteiger partial charge in [0, 0.05) is 16.7 Å². The number of aryl methyl sites for hydroxylation is 1. The van der Waals surface area contributed by atoms with E-state index in [0.717, 1.165) is 28.7 Å². The number of carbonyl (C=O) groups excluding carboxylic acids is 1. The van der Waals surface area contributed by atoms with E-state index in [2.05, 4.69) is 21.2 Å². The van der Waals surface area contributed by atoms with Crippen LogP contribution in [0.25, 0.3) is 0 Å². The Bertz CT molecular complexity index is 419. The van der Waals surface area contributed by atoms with Crippen LogP contribution in [0.2, 0.25) is 0 Å². The zero-order valence-corrected chi connectivity index (χ0v) is 11.0. The summed E-state index contributed by atoms with van der Waals surface area (Å²) in [4.78, 5) is 13.9. The summed E-state index contributed by atoms with van der Waals surface area (Å²) in [5.41, 5.74) is 2.14. The van der Waals surface area contributed by atoms with Gasteiger partial charge in [-0.3, -0.25) is 4.79 Å².